The van der Waals surface area contributed by atoms with Gasteiger partial charge in [0, 0.05) is 19.1 Å². The Kier molecular flexibility index (Phi) is 4.82. The van der Waals surface area contributed by atoms with Crippen molar-refractivity contribution in [3.8, 4) is 0 Å². The summed E-state index contributed by atoms with van der Waals surface area (Å²) in [5.74, 6) is -0.751. The van der Waals surface area contributed by atoms with Crippen LogP contribution in [0.1, 0.15) is 19.3 Å². The number of amides is 2. The number of nitrogens with one attached hydrogen (secondary N) is 1. The fourth-order valence-corrected chi connectivity index (χ4v) is 3.26. The Labute approximate surface area is 118 Å². The van der Waals surface area contributed by atoms with Crippen LogP contribution in [-0.4, -0.2) is 77.4 Å². The lowest BCUT2D eigenvalue weighted by molar-refractivity contribution is -0.140. The predicted octanol–water partition coefficient (Wildman–Crippen LogP) is -0.442. The summed E-state index contributed by atoms with van der Waals surface area (Å²) in [4.78, 5) is 26.9. The van der Waals surface area contributed by atoms with E-state index in [4.69, 9.17) is 10.2 Å². The van der Waals surface area contributed by atoms with Crippen LogP contribution in [0.5, 0.6) is 0 Å². The molecule has 114 valence electrons. The lowest BCUT2D eigenvalue weighted by atomic mass is 9.84. The Morgan fingerprint density at radius 2 is 2.10 bits per heavy atom. The van der Waals surface area contributed by atoms with Crippen LogP contribution >= 0.6 is 0 Å². The summed E-state index contributed by atoms with van der Waals surface area (Å²) in [6.45, 7) is 1.82. The smallest absolute Gasteiger partial charge is 0.328 e. The van der Waals surface area contributed by atoms with Crippen LogP contribution < -0.4 is 5.32 Å². The number of piperidine rings is 2. The highest BCUT2D eigenvalue weighted by Crippen LogP contribution is 2.29. The van der Waals surface area contributed by atoms with Crippen LogP contribution in [0, 0.1) is 5.92 Å². The first-order chi connectivity index (χ1) is 9.52. The topological polar surface area (TPSA) is 93.1 Å². The second-order valence-electron chi connectivity index (χ2n) is 5.71. The molecule has 2 amide bonds. The molecule has 3 N–H and O–H groups in total. The number of likely N-dealkylation sites (tertiary alicyclic amines) is 2. The number of rotatable bonds is 3. The minimum Gasteiger partial charge on any atom is -0.480 e. The quantitative estimate of drug-likeness (QED) is 0.653. The average Bonchev–Trinajstić information content (AvgIpc) is 2.44. The number of aliphatic hydroxyl groups excluding tert-OH is 1. The molecule has 0 aromatic heterocycles. The average molecular weight is 285 g/mol. The van der Waals surface area contributed by atoms with Crippen LogP contribution in [0.2, 0.25) is 0 Å². The summed E-state index contributed by atoms with van der Waals surface area (Å²) in [5, 5.41) is 20.2. The second-order valence-corrected chi connectivity index (χ2v) is 5.71. The number of nitrogens with zero attached hydrogens (tertiary/aromatic N) is 2. The minimum absolute atomic E-state index is 0.391. The van der Waals surface area contributed by atoms with Crippen LogP contribution in [0.15, 0.2) is 0 Å². The van der Waals surface area contributed by atoms with Crippen molar-refractivity contribution in [1.29, 1.82) is 0 Å². The number of fused-ring (bicyclic) bond motifs is 1. The molecule has 0 aliphatic carbocycles. The van der Waals surface area contributed by atoms with Gasteiger partial charge in [0.1, 0.15) is 0 Å². The van der Waals surface area contributed by atoms with Crippen molar-refractivity contribution in [3.05, 3.63) is 0 Å². The van der Waals surface area contributed by atoms with Crippen LogP contribution in [-0.2, 0) is 4.79 Å². The van der Waals surface area contributed by atoms with E-state index in [-0.39, 0.29) is 0 Å². The minimum atomic E-state index is -1.23. The predicted molar refractivity (Wildman–Crippen MR) is 72.4 cm³/mol. The number of carbonyl (C=O) groups is 2. The van der Waals surface area contributed by atoms with Crippen LogP contribution in [0.25, 0.3) is 0 Å². The maximum absolute atomic E-state index is 12.1. The molecule has 0 aromatic rings. The lowest BCUT2D eigenvalue weighted by Gasteiger charge is -2.45. The Bertz CT molecular complexity index is 377. The fraction of sp³-hybridized carbons (Fsp3) is 0.846. The summed E-state index contributed by atoms with van der Waals surface area (Å²) in [7, 11) is 2.12. The summed E-state index contributed by atoms with van der Waals surface area (Å²) in [5.41, 5.74) is 0. The lowest BCUT2D eigenvalue weighted by Crippen LogP contribution is -2.57. The molecule has 7 nitrogen and oxygen atoms in total. The zero-order chi connectivity index (χ0) is 14.7. The molecule has 2 aliphatic rings. The molecule has 0 radical (unpaired) electrons. The SMILES string of the molecule is CN1CCCC2CN(C(=O)N[C@@H](CO)C(=O)O)CCC21. The van der Waals surface area contributed by atoms with E-state index in [1.165, 1.54) is 0 Å². The van der Waals surface area contributed by atoms with E-state index in [9.17, 15) is 9.59 Å². The van der Waals surface area contributed by atoms with Gasteiger partial charge < -0.3 is 25.3 Å². The third kappa shape index (κ3) is 3.21. The number of urea groups is 1. The molecular weight excluding hydrogens is 262 g/mol. The molecule has 0 aromatic carbocycles. The van der Waals surface area contributed by atoms with Gasteiger partial charge in [-0.15, -0.1) is 0 Å². The van der Waals surface area contributed by atoms with Crippen LogP contribution in [0.4, 0.5) is 4.79 Å². The van der Waals surface area contributed by atoms with Gasteiger partial charge in [-0.05, 0) is 38.8 Å². The third-order valence-corrected chi connectivity index (χ3v) is 4.41. The molecule has 2 fully saturated rings. The maximum Gasteiger partial charge on any atom is 0.328 e. The molecule has 0 saturated carbocycles. The highest BCUT2D eigenvalue weighted by atomic mass is 16.4. The highest BCUT2D eigenvalue weighted by molar-refractivity contribution is 5.82. The van der Waals surface area contributed by atoms with E-state index in [1.807, 2.05) is 0 Å². The zero-order valence-electron chi connectivity index (χ0n) is 11.8. The number of hydrogen-bond acceptors (Lipinski definition) is 4. The Morgan fingerprint density at radius 3 is 2.75 bits per heavy atom. The largest absolute Gasteiger partial charge is 0.480 e. The molecule has 2 aliphatic heterocycles. The molecule has 0 spiro atoms. The molecule has 2 saturated heterocycles. The van der Waals surface area contributed by atoms with E-state index in [0.29, 0.717) is 25.0 Å². The maximum atomic E-state index is 12.1. The van der Waals surface area contributed by atoms with Crippen molar-refractivity contribution in [2.24, 2.45) is 5.92 Å². The number of aliphatic hydroxyl groups is 1. The molecule has 0 bridgehead atoms. The van der Waals surface area contributed by atoms with Crippen molar-refractivity contribution in [3.63, 3.8) is 0 Å². The highest BCUT2D eigenvalue weighted by Gasteiger charge is 2.36. The monoisotopic (exact) mass is 285 g/mol. The van der Waals surface area contributed by atoms with E-state index in [2.05, 4.69) is 17.3 Å². The second kappa shape index (κ2) is 6.41. The summed E-state index contributed by atoms with van der Waals surface area (Å²) < 4.78 is 0. The first-order valence-electron chi connectivity index (χ1n) is 7.12. The normalized spacial score (nSPS) is 28.6. The molecular formula is C13H23N3O4. The Hall–Kier alpha value is -1.34. The van der Waals surface area contributed by atoms with Gasteiger partial charge in [0.2, 0.25) is 0 Å². The van der Waals surface area contributed by atoms with Gasteiger partial charge >= 0.3 is 12.0 Å². The van der Waals surface area contributed by atoms with Crippen molar-refractivity contribution in [2.75, 3.05) is 33.3 Å². The summed E-state index contributed by atoms with van der Waals surface area (Å²) in [6, 6.07) is -1.09. The number of aliphatic carboxylic acids is 1. The first-order valence-corrected chi connectivity index (χ1v) is 7.12. The Morgan fingerprint density at radius 1 is 1.35 bits per heavy atom. The van der Waals surface area contributed by atoms with Gasteiger partial charge in [0.15, 0.2) is 6.04 Å². The number of carboxylic acid groups (broad SMARTS) is 1. The van der Waals surface area contributed by atoms with E-state index < -0.39 is 24.6 Å². The zero-order valence-corrected chi connectivity index (χ0v) is 11.8. The van der Waals surface area contributed by atoms with Crippen LogP contribution in [0.3, 0.4) is 0 Å². The summed E-state index contributed by atoms with van der Waals surface area (Å²) >= 11 is 0. The van der Waals surface area contributed by atoms with Crippen molar-refractivity contribution in [2.45, 2.75) is 31.3 Å². The standard InChI is InChI=1S/C13H23N3O4/c1-15-5-2-3-9-7-16(6-4-11(9)15)13(20)14-10(8-17)12(18)19/h9-11,17H,2-8H2,1H3,(H,14,20)(H,18,19)/t9?,10-,11?/m0/s1. The molecule has 3 atom stereocenters. The molecule has 2 heterocycles. The number of carbonyl (C=O) groups excluding carboxylic acids is 1. The molecule has 2 unspecified atom stereocenters. The van der Waals surface area contributed by atoms with Crippen molar-refractivity contribution >= 4 is 12.0 Å². The van der Waals surface area contributed by atoms with E-state index >= 15 is 0 Å². The van der Waals surface area contributed by atoms with Gasteiger partial charge in [0.05, 0.1) is 6.61 Å². The van der Waals surface area contributed by atoms with Gasteiger partial charge in [-0.2, -0.15) is 0 Å². The van der Waals surface area contributed by atoms with E-state index in [1.54, 1.807) is 4.90 Å². The number of carboxylic acids is 1. The van der Waals surface area contributed by atoms with Crippen molar-refractivity contribution in [1.82, 2.24) is 15.1 Å². The van der Waals surface area contributed by atoms with Crippen molar-refractivity contribution < 1.29 is 19.8 Å². The third-order valence-electron chi connectivity index (χ3n) is 4.41. The van der Waals surface area contributed by atoms with Gasteiger partial charge in [-0.3, -0.25) is 0 Å². The van der Waals surface area contributed by atoms with Gasteiger partial charge in [-0.1, -0.05) is 0 Å². The molecule has 2 rings (SSSR count). The van der Waals surface area contributed by atoms with E-state index in [0.717, 1.165) is 25.8 Å². The molecule has 7 heteroatoms. The van der Waals surface area contributed by atoms with Gasteiger partial charge in [0.25, 0.3) is 0 Å². The fourth-order valence-electron chi connectivity index (χ4n) is 3.26. The van der Waals surface area contributed by atoms with Gasteiger partial charge in [-0.25, -0.2) is 9.59 Å². The number of hydrogen-bond donors (Lipinski definition) is 3. The molecule has 20 heavy (non-hydrogen) atoms. The first kappa shape index (κ1) is 15.1. The Balaban J connectivity index is 1.91. The summed E-state index contributed by atoms with van der Waals surface area (Å²) in [6.07, 6.45) is 3.17.